The van der Waals surface area contributed by atoms with Gasteiger partial charge >= 0.3 is 5.97 Å². The number of nitrogens with zero attached hydrogens (tertiary/aromatic N) is 1. The Morgan fingerprint density at radius 1 is 1.24 bits per heavy atom. The fraction of sp³-hybridized carbons (Fsp3) is 0.235. The van der Waals surface area contributed by atoms with Gasteiger partial charge in [-0.25, -0.2) is 4.79 Å². The summed E-state index contributed by atoms with van der Waals surface area (Å²) in [6, 6.07) is 16.0. The van der Waals surface area contributed by atoms with Crippen molar-refractivity contribution in [2.45, 2.75) is 6.54 Å². The second kappa shape index (κ2) is 5.87. The number of fused-ring (bicyclic) bond motifs is 1. The molecule has 21 heavy (non-hydrogen) atoms. The third-order valence-corrected chi connectivity index (χ3v) is 3.67. The fourth-order valence-electron chi connectivity index (χ4n) is 2.60. The molecule has 108 valence electrons. The van der Waals surface area contributed by atoms with Gasteiger partial charge in [0, 0.05) is 19.6 Å². The van der Waals surface area contributed by atoms with Gasteiger partial charge < -0.3 is 15.0 Å². The van der Waals surface area contributed by atoms with Gasteiger partial charge in [0.05, 0.1) is 24.0 Å². The number of esters is 1. The molecule has 0 radical (unpaired) electrons. The van der Waals surface area contributed by atoms with Crippen LogP contribution in [0.5, 0.6) is 0 Å². The molecule has 0 atom stereocenters. The topological polar surface area (TPSA) is 41.6 Å². The second-order valence-electron chi connectivity index (χ2n) is 5.06. The van der Waals surface area contributed by atoms with E-state index >= 15 is 0 Å². The predicted octanol–water partition coefficient (Wildman–Crippen LogP) is 2.91. The normalized spacial score (nSPS) is 13.3. The van der Waals surface area contributed by atoms with Gasteiger partial charge in [0.25, 0.3) is 0 Å². The van der Waals surface area contributed by atoms with Crippen LogP contribution in [0.3, 0.4) is 0 Å². The number of rotatable bonds is 3. The van der Waals surface area contributed by atoms with Gasteiger partial charge in [0.2, 0.25) is 0 Å². The lowest BCUT2D eigenvalue weighted by Crippen LogP contribution is -2.33. The summed E-state index contributed by atoms with van der Waals surface area (Å²) in [5.41, 5.74) is 3.95. The number of benzene rings is 2. The monoisotopic (exact) mass is 282 g/mol. The molecule has 2 aromatic carbocycles. The molecule has 4 heteroatoms. The Hall–Kier alpha value is -2.49. The van der Waals surface area contributed by atoms with E-state index in [2.05, 4.69) is 22.3 Å². The van der Waals surface area contributed by atoms with Crippen LogP contribution >= 0.6 is 0 Å². The van der Waals surface area contributed by atoms with Crippen LogP contribution in [0.15, 0.2) is 48.5 Å². The van der Waals surface area contributed by atoms with E-state index in [4.69, 9.17) is 4.74 Å². The lowest BCUT2D eigenvalue weighted by molar-refractivity contribution is 0.0601. The van der Waals surface area contributed by atoms with Crippen LogP contribution in [0.4, 0.5) is 11.4 Å². The maximum absolute atomic E-state index is 11.7. The van der Waals surface area contributed by atoms with Crippen molar-refractivity contribution >= 4 is 17.3 Å². The molecule has 1 heterocycles. The van der Waals surface area contributed by atoms with Gasteiger partial charge in [-0.15, -0.1) is 0 Å². The SMILES string of the molecule is COC(=O)c1ccc2c(c1)N(Cc1ccccc1)CCN2. The third kappa shape index (κ3) is 2.84. The molecule has 0 saturated heterocycles. The molecule has 0 fully saturated rings. The molecular weight excluding hydrogens is 264 g/mol. The van der Waals surface area contributed by atoms with Crippen LogP contribution in [0.2, 0.25) is 0 Å². The molecule has 0 spiro atoms. The molecule has 3 rings (SSSR count). The number of carbonyl (C=O) groups excluding carboxylic acids is 1. The number of anilines is 2. The maximum atomic E-state index is 11.7. The van der Waals surface area contributed by atoms with Gasteiger partial charge in [-0.1, -0.05) is 30.3 Å². The molecule has 0 saturated carbocycles. The van der Waals surface area contributed by atoms with E-state index in [0.717, 1.165) is 31.0 Å². The lowest BCUT2D eigenvalue weighted by atomic mass is 10.1. The molecule has 0 aliphatic carbocycles. The molecule has 1 aliphatic heterocycles. The van der Waals surface area contributed by atoms with Crippen molar-refractivity contribution in [3.63, 3.8) is 0 Å². The van der Waals surface area contributed by atoms with Crippen molar-refractivity contribution in [1.29, 1.82) is 0 Å². The summed E-state index contributed by atoms with van der Waals surface area (Å²) in [5.74, 6) is -0.303. The average molecular weight is 282 g/mol. The van der Waals surface area contributed by atoms with Gasteiger partial charge in [-0.3, -0.25) is 0 Å². The van der Waals surface area contributed by atoms with Gasteiger partial charge in [0.15, 0.2) is 0 Å². The summed E-state index contributed by atoms with van der Waals surface area (Å²) in [6.07, 6.45) is 0. The highest BCUT2D eigenvalue weighted by Gasteiger charge is 2.18. The minimum atomic E-state index is -0.303. The molecule has 2 aromatic rings. The first-order valence-corrected chi connectivity index (χ1v) is 7.03. The van der Waals surface area contributed by atoms with Crippen LogP contribution in [0.25, 0.3) is 0 Å². The molecule has 1 aliphatic rings. The van der Waals surface area contributed by atoms with Crippen LogP contribution < -0.4 is 10.2 Å². The van der Waals surface area contributed by atoms with E-state index in [1.165, 1.54) is 12.7 Å². The molecule has 0 unspecified atom stereocenters. The molecule has 0 aromatic heterocycles. The average Bonchev–Trinajstić information content (AvgIpc) is 2.55. The quantitative estimate of drug-likeness (QED) is 0.879. The van der Waals surface area contributed by atoms with Gasteiger partial charge in [0.1, 0.15) is 0 Å². The Morgan fingerprint density at radius 3 is 2.81 bits per heavy atom. The summed E-state index contributed by atoms with van der Waals surface area (Å²) >= 11 is 0. The number of nitrogens with one attached hydrogen (secondary N) is 1. The molecular formula is C17H18N2O2. The maximum Gasteiger partial charge on any atom is 0.337 e. The Morgan fingerprint density at radius 2 is 2.05 bits per heavy atom. The minimum absolute atomic E-state index is 0.303. The summed E-state index contributed by atoms with van der Waals surface area (Å²) in [7, 11) is 1.40. The zero-order valence-corrected chi connectivity index (χ0v) is 12.0. The van der Waals surface area contributed by atoms with Gasteiger partial charge in [-0.05, 0) is 23.8 Å². The highest BCUT2D eigenvalue weighted by atomic mass is 16.5. The number of ether oxygens (including phenoxy) is 1. The first-order valence-electron chi connectivity index (χ1n) is 7.03. The molecule has 4 nitrogen and oxygen atoms in total. The first-order chi connectivity index (χ1) is 10.3. The Bertz CT molecular complexity index is 640. The summed E-state index contributed by atoms with van der Waals surface area (Å²) in [6.45, 7) is 2.64. The lowest BCUT2D eigenvalue weighted by Gasteiger charge is -2.32. The number of hydrogen-bond donors (Lipinski definition) is 1. The predicted molar refractivity (Wildman–Crippen MR) is 83.8 cm³/mol. The van der Waals surface area contributed by atoms with Crippen LogP contribution in [-0.2, 0) is 11.3 Å². The van der Waals surface area contributed by atoms with E-state index in [9.17, 15) is 4.79 Å². The number of hydrogen-bond acceptors (Lipinski definition) is 4. The zero-order valence-electron chi connectivity index (χ0n) is 12.0. The van der Waals surface area contributed by atoms with Crippen molar-refractivity contribution in [2.24, 2.45) is 0 Å². The Balaban J connectivity index is 1.90. The smallest absolute Gasteiger partial charge is 0.337 e. The summed E-state index contributed by atoms with van der Waals surface area (Å²) < 4.78 is 4.80. The summed E-state index contributed by atoms with van der Waals surface area (Å²) in [5, 5.41) is 3.37. The Labute approximate surface area is 124 Å². The standard InChI is InChI=1S/C17H18N2O2/c1-21-17(20)14-7-8-15-16(11-14)19(10-9-18-15)12-13-5-3-2-4-6-13/h2-8,11,18H,9-10,12H2,1H3. The van der Waals surface area contributed by atoms with Crippen molar-refractivity contribution in [3.05, 3.63) is 59.7 Å². The van der Waals surface area contributed by atoms with Crippen LogP contribution in [0, 0.1) is 0 Å². The van der Waals surface area contributed by atoms with Crippen molar-refractivity contribution in [1.82, 2.24) is 0 Å². The Kier molecular flexibility index (Phi) is 3.77. The largest absolute Gasteiger partial charge is 0.465 e. The molecule has 0 amide bonds. The van der Waals surface area contributed by atoms with Crippen LogP contribution in [-0.4, -0.2) is 26.2 Å². The fourth-order valence-corrected chi connectivity index (χ4v) is 2.60. The van der Waals surface area contributed by atoms with E-state index in [-0.39, 0.29) is 5.97 Å². The van der Waals surface area contributed by atoms with Gasteiger partial charge in [-0.2, -0.15) is 0 Å². The van der Waals surface area contributed by atoms with Crippen molar-refractivity contribution < 1.29 is 9.53 Å². The first kappa shape index (κ1) is 13.5. The third-order valence-electron chi connectivity index (χ3n) is 3.67. The van der Waals surface area contributed by atoms with E-state index in [1.54, 1.807) is 6.07 Å². The van der Waals surface area contributed by atoms with Crippen molar-refractivity contribution in [2.75, 3.05) is 30.4 Å². The highest BCUT2D eigenvalue weighted by molar-refractivity contribution is 5.92. The van der Waals surface area contributed by atoms with Crippen LogP contribution in [0.1, 0.15) is 15.9 Å². The number of carbonyl (C=O) groups is 1. The summed E-state index contributed by atoms with van der Waals surface area (Å²) in [4.78, 5) is 14.0. The van der Waals surface area contributed by atoms with E-state index in [0.29, 0.717) is 5.56 Å². The van der Waals surface area contributed by atoms with Crippen molar-refractivity contribution in [3.8, 4) is 0 Å². The number of methoxy groups -OCH3 is 1. The highest BCUT2D eigenvalue weighted by Crippen LogP contribution is 2.31. The zero-order chi connectivity index (χ0) is 14.7. The minimum Gasteiger partial charge on any atom is -0.465 e. The van der Waals surface area contributed by atoms with E-state index < -0.39 is 0 Å². The van der Waals surface area contributed by atoms with E-state index in [1.807, 2.05) is 30.3 Å². The molecule has 0 bridgehead atoms. The molecule has 1 N–H and O–H groups in total. The second-order valence-corrected chi connectivity index (χ2v) is 5.06.